The second kappa shape index (κ2) is 17.4. The number of unbranched alkanes of at least 4 members (excludes halogenated alkanes) is 9. The van der Waals surface area contributed by atoms with Crippen molar-refractivity contribution in [2.75, 3.05) is 0 Å². The molecule has 0 bridgehead atoms. The van der Waals surface area contributed by atoms with Crippen LogP contribution in [0.15, 0.2) is 0 Å². The lowest BCUT2D eigenvalue weighted by molar-refractivity contribution is 0.180. The second-order valence-electron chi connectivity index (χ2n) is 12.0. The molecule has 0 spiro atoms. The van der Waals surface area contributed by atoms with Crippen molar-refractivity contribution in [1.29, 1.82) is 0 Å². The highest BCUT2D eigenvalue weighted by Crippen LogP contribution is 2.32. The van der Waals surface area contributed by atoms with Crippen LogP contribution in [0.3, 0.4) is 0 Å². The van der Waals surface area contributed by atoms with E-state index in [4.69, 9.17) is 0 Å². The average molecular weight is 438 g/mol. The summed E-state index contributed by atoms with van der Waals surface area (Å²) in [5.74, 6) is 0. The van der Waals surface area contributed by atoms with Crippen molar-refractivity contribution in [2.24, 2.45) is 5.41 Å². The number of rotatable bonds is 22. The molecule has 0 saturated carbocycles. The van der Waals surface area contributed by atoms with Crippen LogP contribution in [0.2, 0.25) is 0 Å². The minimum atomic E-state index is 0.294. The lowest BCUT2D eigenvalue weighted by Crippen LogP contribution is -2.55. The van der Waals surface area contributed by atoms with E-state index in [1.165, 1.54) is 122 Å². The first-order valence-corrected chi connectivity index (χ1v) is 14.4. The molecule has 0 aromatic carbocycles. The lowest BCUT2D eigenvalue weighted by Gasteiger charge is -2.42. The Kier molecular flexibility index (Phi) is 17.4. The Morgan fingerprint density at radius 3 is 1.39 bits per heavy atom. The Bertz CT molecular complexity index is 401. The molecule has 188 valence electrons. The highest BCUT2D eigenvalue weighted by molar-refractivity contribution is 4.93. The van der Waals surface area contributed by atoms with Gasteiger partial charge in [-0.15, -0.1) is 0 Å². The summed E-state index contributed by atoms with van der Waals surface area (Å²) in [4.78, 5) is 0. The van der Waals surface area contributed by atoms with E-state index >= 15 is 0 Å². The summed E-state index contributed by atoms with van der Waals surface area (Å²) in [7, 11) is 0. The summed E-state index contributed by atoms with van der Waals surface area (Å²) in [6, 6.07) is 0. The zero-order valence-electron chi connectivity index (χ0n) is 23.4. The molecule has 0 aromatic heterocycles. The standard InChI is InChI=1S/C30H63N/c1-9-13-16-17-18-21-27-30(8,25-15-11-3)31-29(7,12-4)26-22-19-20-24-28(5,6)23-14-10-2/h31H,9-27H2,1-8H3. The van der Waals surface area contributed by atoms with Gasteiger partial charge in [-0.1, -0.05) is 125 Å². The van der Waals surface area contributed by atoms with Gasteiger partial charge in [0, 0.05) is 11.1 Å². The molecule has 0 radical (unpaired) electrons. The summed E-state index contributed by atoms with van der Waals surface area (Å²) in [5.41, 5.74) is 1.15. The van der Waals surface area contributed by atoms with Gasteiger partial charge in [0.2, 0.25) is 0 Å². The van der Waals surface area contributed by atoms with E-state index in [2.05, 4.69) is 60.7 Å². The van der Waals surface area contributed by atoms with Crippen LogP contribution in [-0.4, -0.2) is 11.1 Å². The molecule has 1 heteroatoms. The first kappa shape index (κ1) is 31.0. The molecule has 2 unspecified atom stereocenters. The van der Waals surface area contributed by atoms with Crippen LogP contribution in [-0.2, 0) is 0 Å². The molecule has 1 N–H and O–H groups in total. The molecule has 0 amide bonds. The fourth-order valence-electron chi connectivity index (χ4n) is 5.24. The maximum absolute atomic E-state index is 4.23. The Hall–Kier alpha value is -0.0400. The monoisotopic (exact) mass is 437 g/mol. The van der Waals surface area contributed by atoms with Gasteiger partial charge in [-0.05, 0) is 57.8 Å². The predicted molar refractivity (Wildman–Crippen MR) is 144 cm³/mol. The lowest BCUT2D eigenvalue weighted by atomic mass is 9.81. The average Bonchev–Trinajstić information content (AvgIpc) is 2.73. The van der Waals surface area contributed by atoms with E-state index in [-0.39, 0.29) is 0 Å². The van der Waals surface area contributed by atoms with E-state index in [1.807, 2.05) is 0 Å². The van der Waals surface area contributed by atoms with E-state index in [1.54, 1.807) is 0 Å². The van der Waals surface area contributed by atoms with E-state index in [0.717, 1.165) is 0 Å². The topological polar surface area (TPSA) is 12.0 Å². The Balaban J connectivity index is 4.53. The summed E-state index contributed by atoms with van der Waals surface area (Å²) < 4.78 is 0. The van der Waals surface area contributed by atoms with Crippen molar-refractivity contribution in [1.82, 2.24) is 5.32 Å². The van der Waals surface area contributed by atoms with Crippen LogP contribution in [0.25, 0.3) is 0 Å². The highest BCUT2D eigenvalue weighted by Gasteiger charge is 2.32. The first-order chi connectivity index (χ1) is 14.7. The minimum absolute atomic E-state index is 0.294. The molecule has 31 heavy (non-hydrogen) atoms. The molecule has 2 atom stereocenters. The summed E-state index contributed by atoms with van der Waals surface area (Å²) >= 11 is 0. The van der Waals surface area contributed by atoms with Crippen molar-refractivity contribution < 1.29 is 0 Å². The molecular formula is C30H63N. The van der Waals surface area contributed by atoms with Crippen LogP contribution in [0.5, 0.6) is 0 Å². The number of hydrogen-bond donors (Lipinski definition) is 1. The summed E-state index contributed by atoms with van der Waals surface area (Å²) in [5, 5.41) is 4.23. The molecule has 0 rings (SSSR count). The normalized spacial score (nSPS) is 16.3. The van der Waals surface area contributed by atoms with Gasteiger partial charge in [0.25, 0.3) is 0 Å². The van der Waals surface area contributed by atoms with Crippen LogP contribution in [0.4, 0.5) is 0 Å². The maximum atomic E-state index is 4.23. The molecule has 0 aliphatic carbocycles. The van der Waals surface area contributed by atoms with Crippen molar-refractivity contribution in [3.63, 3.8) is 0 Å². The largest absolute Gasteiger partial charge is 0.306 e. The summed E-state index contributed by atoms with van der Waals surface area (Å²) in [6.07, 6.45) is 26.0. The number of nitrogens with one attached hydrogen (secondary N) is 1. The fourth-order valence-corrected chi connectivity index (χ4v) is 5.24. The fraction of sp³-hybridized carbons (Fsp3) is 1.00. The Labute approximate surface area is 199 Å². The third-order valence-electron chi connectivity index (χ3n) is 7.84. The van der Waals surface area contributed by atoms with Crippen LogP contribution in [0, 0.1) is 5.41 Å². The van der Waals surface area contributed by atoms with E-state index in [9.17, 15) is 0 Å². The quantitative estimate of drug-likeness (QED) is 0.166. The van der Waals surface area contributed by atoms with Crippen molar-refractivity contribution in [3.8, 4) is 0 Å². The van der Waals surface area contributed by atoms with Gasteiger partial charge in [-0.2, -0.15) is 0 Å². The van der Waals surface area contributed by atoms with Crippen LogP contribution in [0.1, 0.15) is 177 Å². The van der Waals surface area contributed by atoms with Gasteiger partial charge in [0.05, 0.1) is 0 Å². The van der Waals surface area contributed by atoms with Gasteiger partial charge in [-0.25, -0.2) is 0 Å². The zero-order valence-corrected chi connectivity index (χ0v) is 23.4. The third kappa shape index (κ3) is 16.3. The Morgan fingerprint density at radius 2 is 0.806 bits per heavy atom. The first-order valence-electron chi connectivity index (χ1n) is 14.4. The third-order valence-corrected chi connectivity index (χ3v) is 7.84. The van der Waals surface area contributed by atoms with E-state index in [0.29, 0.717) is 16.5 Å². The van der Waals surface area contributed by atoms with Gasteiger partial charge in [0.1, 0.15) is 0 Å². The van der Waals surface area contributed by atoms with Crippen LogP contribution >= 0.6 is 0 Å². The van der Waals surface area contributed by atoms with Crippen molar-refractivity contribution >= 4 is 0 Å². The molecule has 0 saturated heterocycles. The highest BCUT2D eigenvalue weighted by atomic mass is 15.0. The molecule has 1 nitrogen and oxygen atoms in total. The van der Waals surface area contributed by atoms with E-state index < -0.39 is 0 Å². The molecule has 0 aliphatic heterocycles. The molecule has 0 aromatic rings. The van der Waals surface area contributed by atoms with Gasteiger partial charge in [0.15, 0.2) is 0 Å². The predicted octanol–water partition coefficient (Wildman–Crippen LogP) is 10.6. The van der Waals surface area contributed by atoms with Crippen molar-refractivity contribution in [3.05, 3.63) is 0 Å². The van der Waals surface area contributed by atoms with Gasteiger partial charge in [-0.3, -0.25) is 0 Å². The Morgan fingerprint density at radius 1 is 0.419 bits per heavy atom. The summed E-state index contributed by atoms with van der Waals surface area (Å²) in [6.45, 7) is 19.3. The van der Waals surface area contributed by atoms with Crippen LogP contribution < -0.4 is 5.32 Å². The molecule has 0 fully saturated rings. The smallest absolute Gasteiger partial charge is 0.0158 e. The molecule has 0 heterocycles. The van der Waals surface area contributed by atoms with Gasteiger partial charge < -0.3 is 5.32 Å². The van der Waals surface area contributed by atoms with Crippen molar-refractivity contribution in [2.45, 2.75) is 188 Å². The molecular weight excluding hydrogens is 374 g/mol. The van der Waals surface area contributed by atoms with Gasteiger partial charge >= 0.3 is 0 Å². The molecule has 0 aliphatic rings. The zero-order chi connectivity index (χ0) is 23.6. The second-order valence-corrected chi connectivity index (χ2v) is 12.0. The minimum Gasteiger partial charge on any atom is -0.306 e. The maximum Gasteiger partial charge on any atom is 0.0158 e. The number of hydrogen-bond acceptors (Lipinski definition) is 1. The SMILES string of the molecule is CCCCCCCCC(C)(CCCC)NC(C)(CC)CCCCCC(C)(C)CCCC.